The van der Waals surface area contributed by atoms with Crippen molar-refractivity contribution in [1.29, 1.82) is 0 Å². The van der Waals surface area contributed by atoms with Crippen LogP contribution in [0.5, 0.6) is 0 Å². The van der Waals surface area contributed by atoms with Crippen LogP contribution in [0.3, 0.4) is 0 Å². The number of alkyl halides is 3. The van der Waals surface area contributed by atoms with E-state index in [0.29, 0.717) is 23.6 Å². The van der Waals surface area contributed by atoms with Gasteiger partial charge in [0.15, 0.2) is 0 Å². The lowest BCUT2D eigenvalue weighted by Crippen LogP contribution is -2.42. The molecule has 0 radical (unpaired) electrons. The van der Waals surface area contributed by atoms with Gasteiger partial charge in [0, 0.05) is 50.4 Å². The Morgan fingerprint density at radius 1 is 1.24 bits per heavy atom. The lowest BCUT2D eigenvalue weighted by Gasteiger charge is -2.40. The first-order valence-electron chi connectivity index (χ1n) is 11.1. The Morgan fingerprint density at radius 2 is 1.97 bits per heavy atom. The fraction of sp³-hybridized carbons (Fsp3) is 0.500. The molecule has 0 atom stereocenters. The van der Waals surface area contributed by atoms with Gasteiger partial charge < -0.3 is 20.0 Å². The SMILES string of the molecule is CNCCN(C)Cc1cccc(-c2cc(C(=O)N(C)CC(F)(F)F)c3c(n2)N(C(C)C)C3)c1. The first-order valence-corrected chi connectivity index (χ1v) is 11.1. The minimum Gasteiger partial charge on any atom is -0.349 e. The standard InChI is InChI=1S/C24H32F3N5O/c1-16(2)32-14-20-19(23(33)31(5)15-24(25,26)27)12-21(29-22(20)32)18-8-6-7-17(11-18)13-30(4)10-9-28-3/h6-8,11-12,16,28H,9-10,13-15H2,1-5H3. The minimum absolute atomic E-state index is 0.170. The van der Waals surface area contributed by atoms with Crippen LogP contribution in [0.4, 0.5) is 19.0 Å². The van der Waals surface area contributed by atoms with Crippen molar-refractivity contribution in [1.82, 2.24) is 20.1 Å². The van der Waals surface area contributed by atoms with Gasteiger partial charge in [-0.15, -0.1) is 0 Å². The Balaban J connectivity index is 1.96. The molecular formula is C24H32F3N5O. The number of halogens is 3. The summed E-state index contributed by atoms with van der Waals surface area (Å²) in [6.45, 7) is 5.78. The molecule has 1 aromatic heterocycles. The number of hydrogen-bond donors (Lipinski definition) is 1. The van der Waals surface area contributed by atoms with E-state index in [9.17, 15) is 18.0 Å². The van der Waals surface area contributed by atoms with E-state index in [2.05, 4.69) is 15.1 Å². The van der Waals surface area contributed by atoms with Crippen LogP contribution in [-0.4, -0.2) is 73.7 Å². The number of rotatable bonds is 9. The summed E-state index contributed by atoms with van der Waals surface area (Å²) in [6, 6.07) is 9.71. The minimum atomic E-state index is -4.45. The van der Waals surface area contributed by atoms with Crippen LogP contribution < -0.4 is 10.2 Å². The van der Waals surface area contributed by atoms with Gasteiger partial charge in [-0.1, -0.05) is 18.2 Å². The molecule has 1 aromatic carbocycles. The highest BCUT2D eigenvalue weighted by Crippen LogP contribution is 2.38. The van der Waals surface area contributed by atoms with Crippen LogP contribution in [0.2, 0.25) is 0 Å². The largest absolute Gasteiger partial charge is 0.406 e. The number of carbonyl (C=O) groups excluding carboxylic acids is 1. The average Bonchev–Trinajstić information content (AvgIpc) is 2.71. The molecule has 9 heteroatoms. The average molecular weight is 464 g/mol. The summed E-state index contributed by atoms with van der Waals surface area (Å²) >= 11 is 0. The molecule has 1 amide bonds. The van der Waals surface area contributed by atoms with Crippen molar-refractivity contribution in [3.05, 3.63) is 47.0 Å². The van der Waals surface area contributed by atoms with Crippen LogP contribution in [0, 0.1) is 0 Å². The lowest BCUT2D eigenvalue weighted by atomic mass is 9.96. The molecule has 1 N–H and O–H groups in total. The number of nitrogens with zero attached hydrogens (tertiary/aromatic N) is 4. The van der Waals surface area contributed by atoms with Crippen molar-refractivity contribution >= 4 is 11.7 Å². The second-order valence-corrected chi connectivity index (χ2v) is 8.90. The molecule has 33 heavy (non-hydrogen) atoms. The van der Waals surface area contributed by atoms with E-state index in [4.69, 9.17) is 4.98 Å². The molecule has 0 bridgehead atoms. The number of carbonyl (C=O) groups is 1. The first-order chi connectivity index (χ1) is 15.5. The number of nitrogens with one attached hydrogen (secondary N) is 1. The third-order valence-electron chi connectivity index (χ3n) is 5.74. The van der Waals surface area contributed by atoms with Gasteiger partial charge >= 0.3 is 6.18 Å². The maximum atomic E-state index is 13.0. The number of hydrogen-bond acceptors (Lipinski definition) is 5. The highest BCUT2D eigenvalue weighted by Gasteiger charge is 2.36. The number of fused-ring (bicyclic) bond motifs is 1. The molecule has 1 aliphatic heterocycles. The topological polar surface area (TPSA) is 51.7 Å². The van der Waals surface area contributed by atoms with Gasteiger partial charge in [-0.05, 0) is 45.6 Å². The third kappa shape index (κ3) is 6.03. The summed E-state index contributed by atoms with van der Waals surface area (Å²) in [6.07, 6.45) is -4.45. The summed E-state index contributed by atoms with van der Waals surface area (Å²) in [5.74, 6) is 0.0291. The normalized spacial score (nSPS) is 13.3. The number of anilines is 1. The van der Waals surface area contributed by atoms with Crippen molar-refractivity contribution in [2.75, 3.05) is 45.7 Å². The Morgan fingerprint density at radius 3 is 2.61 bits per heavy atom. The number of pyridine rings is 1. The van der Waals surface area contributed by atoms with Gasteiger partial charge in [0.25, 0.3) is 5.91 Å². The fourth-order valence-corrected chi connectivity index (χ4v) is 3.94. The number of aromatic nitrogens is 1. The van der Waals surface area contributed by atoms with Crippen LogP contribution >= 0.6 is 0 Å². The highest BCUT2D eigenvalue weighted by atomic mass is 19.4. The van der Waals surface area contributed by atoms with Crippen molar-refractivity contribution < 1.29 is 18.0 Å². The molecule has 0 saturated carbocycles. The number of likely N-dealkylation sites (N-methyl/N-ethyl adjacent to an activating group) is 2. The quantitative estimate of drug-likeness (QED) is 0.614. The molecule has 6 nitrogen and oxygen atoms in total. The molecule has 1 aliphatic rings. The summed E-state index contributed by atoms with van der Waals surface area (Å²) in [4.78, 5) is 22.7. The molecule has 0 saturated heterocycles. The maximum Gasteiger partial charge on any atom is 0.406 e. The predicted molar refractivity (Wildman–Crippen MR) is 124 cm³/mol. The molecule has 180 valence electrons. The van der Waals surface area contributed by atoms with Crippen LogP contribution in [-0.2, 0) is 13.1 Å². The van der Waals surface area contributed by atoms with Crippen LogP contribution in [0.1, 0.15) is 35.3 Å². The Kier molecular flexibility index (Phi) is 7.64. The van der Waals surface area contributed by atoms with E-state index in [0.717, 1.165) is 35.7 Å². The third-order valence-corrected chi connectivity index (χ3v) is 5.74. The molecule has 0 unspecified atom stereocenters. The zero-order valence-corrected chi connectivity index (χ0v) is 19.8. The van der Waals surface area contributed by atoms with E-state index in [1.807, 2.05) is 52.2 Å². The molecule has 2 heterocycles. The van der Waals surface area contributed by atoms with E-state index in [1.165, 1.54) is 7.05 Å². The molecule has 2 aromatic rings. The van der Waals surface area contributed by atoms with Crippen molar-refractivity contribution in [3.8, 4) is 11.3 Å². The van der Waals surface area contributed by atoms with Gasteiger partial charge in [0.1, 0.15) is 12.4 Å². The second kappa shape index (κ2) is 10.1. The van der Waals surface area contributed by atoms with Gasteiger partial charge in [0.05, 0.1) is 11.3 Å². The predicted octanol–water partition coefficient (Wildman–Crippen LogP) is 3.76. The van der Waals surface area contributed by atoms with Crippen molar-refractivity contribution in [2.45, 2.75) is 39.2 Å². The lowest BCUT2D eigenvalue weighted by molar-refractivity contribution is -0.138. The zero-order valence-electron chi connectivity index (χ0n) is 19.8. The maximum absolute atomic E-state index is 13.0. The van der Waals surface area contributed by atoms with Gasteiger partial charge in [0.2, 0.25) is 0 Å². The molecule has 0 fully saturated rings. The smallest absolute Gasteiger partial charge is 0.349 e. The number of benzene rings is 1. The van der Waals surface area contributed by atoms with Crippen LogP contribution in [0.25, 0.3) is 11.3 Å². The first kappa shape index (κ1) is 25.0. The Labute approximate surface area is 193 Å². The molecule has 0 aliphatic carbocycles. The highest BCUT2D eigenvalue weighted by molar-refractivity contribution is 5.99. The monoisotopic (exact) mass is 463 g/mol. The van der Waals surface area contributed by atoms with E-state index in [-0.39, 0.29) is 11.6 Å². The fourth-order valence-electron chi connectivity index (χ4n) is 3.94. The second-order valence-electron chi connectivity index (χ2n) is 8.90. The van der Waals surface area contributed by atoms with E-state index >= 15 is 0 Å². The summed E-state index contributed by atoms with van der Waals surface area (Å²) < 4.78 is 38.7. The zero-order chi connectivity index (χ0) is 24.3. The summed E-state index contributed by atoms with van der Waals surface area (Å²) in [5.41, 5.74) is 3.51. The van der Waals surface area contributed by atoms with E-state index in [1.54, 1.807) is 6.07 Å². The Bertz CT molecular complexity index is 993. The van der Waals surface area contributed by atoms with Crippen molar-refractivity contribution in [2.24, 2.45) is 0 Å². The van der Waals surface area contributed by atoms with Crippen molar-refractivity contribution in [3.63, 3.8) is 0 Å². The van der Waals surface area contributed by atoms with Gasteiger partial charge in [-0.3, -0.25) is 4.79 Å². The van der Waals surface area contributed by atoms with Gasteiger partial charge in [-0.2, -0.15) is 13.2 Å². The Hall–Kier alpha value is -2.65. The molecule has 3 rings (SSSR count). The van der Waals surface area contributed by atoms with Crippen LogP contribution in [0.15, 0.2) is 30.3 Å². The summed E-state index contributed by atoms with van der Waals surface area (Å²) in [5, 5.41) is 3.13. The summed E-state index contributed by atoms with van der Waals surface area (Å²) in [7, 11) is 5.14. The molecule has 0 spiro atoms. The number of amides is 1. The van der Waals surface area contributed by atoms with Gasteiger partial charge in [-0.25, -0.2) is 4.98 Å². The molecular weight excluding hydrogens is 431 g/mol. The van der Waals surface area contributed by atoms with E-state index < -0.39 is 18.6 Å².